The number of esters is 1. The molecule has 0 unspecified atom stereocenters. The number of thiazole rings is 1. The lowest BCUT2D eigenvalue weighted by Gasteiger charge is -2.29. The zero-order valence-electron chi connectivity index (χ0n) is 14.7. The molecule has 2 N–H and O–H groups in total. The Morgan fingerprint density at radius 3 is 2.38 bits per heavy atom. The summed E-state index contributed by atoms with van der Waals surface area (Å²) in [6.07, 6.45) is -0.679. The number of hydrogen-bond acceptors (Lipinski definition) is 7. The summed E-state index contributed by atoms with van der Waals surface area (Å²) in [5.74, 6) is -1.17. The van der Waals surface area contributed by atoms with Crippen molar-refractivity contribution in [1.29, 1.82) is 0 Å². The molecular formula is C15H23N3O5S. The van der Waals surface area contributed by atoms with Gasteiger partial charge in [0, 0.05) is 0 Å². The third-order valence-corrected chi connectivity index (χ3v) is 3.35. The first-order valence-corrected chi connectivity index (χ1v) is 8.27. The summed E-state index contributed by atoms with van der Waals surface area (Å²) >= 11 is 1.08. The second-order valence-electron chi connectivity index (χ2n) is 6.46. The van der Waals surface area contributed by atoms with E-state index in [9.17, 15) is 14.4 Å². The molecule has 24 heavy (non-hydrogen) atoms. The fourth-order valence-electron chi connectivity index (χ4n) is 1.56. The van der Waals surface area contributed by atoms with Crippen molar-refractivity contribution in [3.05, 3.63) is 11.2 Å². The Balaban J connectivity index is 2.83. The minimum atomic E-state index is -1.25. The van der Waals surface area contributed by atoms with Crippen molar-refractivity contribution in [3.63, 3.8) is 0 Å². The zero-order chi connectivity index (χ0) is 18.5. The lowest BCUT2D eigenvalue weighted by Crippen LogP contribution is -2.52. The summed E-state index contributed by atoms with van der Waals surface area (Å²) in [5.41, 5.74) is -0.507. The SMILES string of the molecule is CCOC(=O)Nc1scnc1C(=O)NC(C)(C)C(=O)OC(C)(C)C. The van der Waals surface area contributed by atoms with Crippen LogP contribution < -0.4 is 10.6 Å². The number of rotatable bonds is 5. The summed E-state index contributed by atoms with van der Waals surface area (Å²) in [7, 11) is 0. The molecule has 0 aliphatic rings. The first kappa shape index (κ1) is 19.9. The fourth-order valence-corrected chi connectivity index (χ4v) is 2.22. The number of nitrogens with one attached hydrogen (secondary N) is 2. The average Bonchev–Trinajstić information content (AvgIpc) is 2.84. The van der Waals surface area contributed by atoms with Crippen LogP contribution in [0, 0.1) is 0 Å². The Kier molecular flexibility index (Phi) is 6.30. The molecule has 0 aliphatic heterocycles. The second-order valence-corrected chi connectivity index (χ2v) is 7.31. The van der Waals surface area contributed by atoms with Gasteiger partial charge >= 0.3 is 12.1 Å². The van der Waals surface area contributed by atoms with Crippen LogP contribution >= 0.6 is 11.3 Å². The zero-order valence-corrected chi connectivity index (χ0v) is 15.5. The van der Waals surface area contributed by atoms with Gasteiger partial charge in [0.2, 0.25) is 0 Å². The second kappa shape index (κ2) is 7.61. The predicted octanol–water partition coefficient (Wildman–Crippen LogP) is 2.56. The number of nitrogens with zero attached hydrogens (tertiary/aromatic N) is 1. The molecule has 0 aromatic carbocycles. The highest BCUT2D eigenvalue weighted by Crippen LogP contribution is 2.22. The van der Waals surface area contributed by atoms with Crippen molar-refractivity contribution in [1.82, 2.24) is 10.3 Å². The highest BCUT2D eigenvalue weighted by molar-refractivity contribution is 7.14. The fraction of sp³-hybridized carbons (Fsp3) is 0.600. The van der Waals surface area contributed by atoms with Crippen LogP contribution in [0.3, 0.4) is 0 Å². The van der Waals surface area contributed by atoms with Gasteiger partial charge < -0.3 is 14.8 Å². The third-order valence-electron chi connectivity index (χ3n) is 2.61. The lowest BCUT2D eigenvalue weighted by atomic mass is 10.0. The van der Waals surface area contributed by atoms with Crippen LogP contribution in [0.25, 0.3) is 0 Å². The van der Waals surface area contributed by atoms with E-state index < -0.39 is 29.1 Å². The minimum Gasteiger partial charge on any atom is -0.458 e. The molecule has 1 rings (SSSR count). The molecule has 1 aromatic heterocycles. The lowest BCUT2D eigenvalue weighted by molar-refractivity contribution is -0.161. The van der Waals surface area contributed by atoms with E-state index in [-0.39, 0.29) is 17.3 Å². The smallest absolute Gasteiger partial charge is 0.412 e. The summed E-state index contributed by atoms with van der Waals surface area (Å²) < 4.78 is 10.1. The van der Waals surface area contributed by atoms with Crippen LogP contribution in [-0.2, 0) is 14.3 Å². The van der Waals surface area contributed by atoms with Crippen molar-refractivity contribution in [2.24, 2.45) is 0 Å². The largest absolute Gasteiger partial charge is 0.458 e. The number of aromatic nitrogens is 1. The van der Waals surface area contributed by atoms with Gasteiger partial charge in [-0.1, -0.05) is 0 Å². The molecule has 1 heterocycles. The summed E-state index contributed by atoms with van der Waals surface area (Å²) in [5, 5.41) is 5.25. The number of carbonyl (C=O) groups is 3. The average molecular weight is 357 g/mol. The van der Waals surface area contributed by atoms with Gasteiger partial charge in [0.1, 0.15) is 16.1 Å². The highest BCUT2D eigenvalue weighted by atomic mass is 32.1. The maximum absolute atomic E-state index is 12.4. The van der Waals surface area contributed by atoms with Crippen LogP contribution in [0.5, 0.6) is 0 Å². The van der Waals surface area contributed by atoms with Gasteiger partial charge in [0.05, 0.1) is 12.1 Å². The van der Waals surface area contributed by atoms with Crippen LogP contribution in [0.2, 0.25) is 0 Å². The normalized spacial score (nSPS) is 11.6. The van der Waals surface area contributed by atoms with E-state index in [1.807, 2.05) is 0 Å². The monoisotopic (exact) mass is 357 g/mol. The molecule has 0 bridgehead atoms. The molecule has 0 radical (unpaired) electrons. The van der Waals surface area contributed by atoms with Gasteiger partial charge in [-0.2, -0.15) is 0 Å². The maximum atomic E-state index is 12.4. The van der Waals surface area contributed by atoms with Gasteiger partial charge in [0.25, 0.3) is 5.91 Å². The van der Waals surface area contributed by atoms with Crippen LogP contribution in [0.4, 0.5) is 9.80 Å². The molecular weight excluding hydrogens is 334 g/mol. The summed E-state index contributed by atoms with van der Waals surface area (Å²) in [6, 6.07) is 0. The van der Waals surface area contributed by atoms with Crippen molar-refractivity contribution in [3.8, 4) is 0 Å². The molecule has 134 valence electrons. The topological polar surface area (TPSA) is 107 Å². The molecule has 0 saturated carbocycles. The van der Waals surface area contributed by atoms with Crippen LogP contribution in [0.1, 0.15) is 52.0 Å². The Labute approximate surface area is 144 Å². The van der Waals surface area contributed by atoms with E-state index in [0.717, 1.165) is 11.3 Å². The highest BCUT2D eigenvalue weighted by Gasteiger charge is 2.35. The Bertz CT molecular complexity index is 619. The number of anilines is 1. The minimum absolute atomic E-state index is 0.00434. The van der Waals surface area contributed by atoms with Crippen LogP contribution in [-0.4, -0.2) is 40.7 Å². The Hall–Kier alpha value is -2.16. The molecule has 0 aliphatic carbocycles. The van der Waals surface area contributed by atoms with E-state index >= 15 is 0 Å². The van der Waals surface area contributed by atoms with E-state index in [1.165, 1.54) is 19.4 Å². The molecule has 0 spiro atoms. The van der Waals surface area contributed by atoms with E-state index in [2.05, 4.69) is 15.6 Å². The first-order valence-electron chi connectivity index (χ1n) is 7.39. The number of ether oxygens (including phenoxy) is 2. The number of hydrogen-bond donors (Lipinski definition) is 2. The van der Waals surface area contributed by atoms with Gasteiger partial charge in [0.15, 0.2) is 5.69 Å². The molecule has 9 heteroatoms. The Morgan fingerprint density at radius 1 is 1.21 bits per heavy atom. The summed E-state index contributed by atoms with van der Waals surface area (Å²) in [6.45, 7) is 10.2. The summed E-state index contributed by atoms with van der Waals surface area (Å²) in [4.78, 5) is 40.0. The molecule has 0 atom stereocenters. The molecule has 8 nitrogen and oxygen atoms in total. The van der Waals surface area contributed by atoms with Crippen molar-refractivity contribution < 1.29 is 23.9 Å². The van der Waals surface area contributed by atoms with Gasteiger partial charge in [-0.3, -0.25) is 10.1 Å². The van der Waals surface area contributed by atoms with Gasteiger partial charge in [-0.05, 0) is 41.5 Å². The number of amides is 2. The van der Waals surface area contributed by atoms with Crippen molar-refractivity contribution in [2.75, 3.05) is 11.9 Å². The van der Waals surface area contributed by atoms with E-state index in [0.29, 0.717) is 0 Å². The van der Waals surface area contributed by atoms with E-state index in [1.54, 1.807) is 27.7 Å². The van der Waals surface area contributed by atoms with Gasteiger partial charge in [-0.15, -0.1) is 11.3 Å². The molecule has 0 saturated heterocycles. The Morgan fingerprint density at radius 2 is 1.83 bits per heavy atom. The molecule has 0 fully saturated rings. The van der Waals surface area contributed by atoms with Crippen LogP contribution in [0.15, 0.2) is 5.51 Å². The number of carbonyl (C=O) groups excluding carboxylic acids is 3. The van der Waals surface area contributed by atoms with Gasteiger partial charge in [-0.25, -0.2) is 14.6 Å². The quantitative estimate of drug-likeness (QED) is 0.784. The van der Waals surface area contributed by atoms with E-state index in [4.69, 9.17) is 9.47 Å². The van der Waals surface area contributed by atoms with Crippen molar-refractivity contribution in [2.45, 2.75) is 52.7 Å². The molecule has 1 aromatic rings. The standard InChI is InChI=1S/C15H23N3O5S/c1-7-22-13(21)17-11-9(16-8-24-11)10(19)18-15(5,6)12(20)23-14(2,3)4/h8H,7H2,1-6H3,(H,17,21)(H,18,19). The maximum Gasteiger partial charge on any atom is 0.412 e. The first-order chi connectivity index (χ1) is 11.0. The third kappa shape index (κ3) is 5.80. The van der Waals surface area contributed by atoms with Crippen molar-refractivity contribution >= 4 is 34.3 Å². The predicted molar refractivity (Wildman–Crippen MR) is 90.1 cm³/mol. The molecule has 2 amide bonds.